The lowest BCUT2D eigenvalue weighted by molar-refractivity contribution is -0.116. The molecule has 0 spiro atoms. The summed E-state index contributed by atoms with van der Waals surface area (Å²) in [7, 11) is 0. The highest BCUT2D eigenvalue weighted by Crippen LogP contribution is 2.43. The molecule has 5 nitrogen and oxygen atoms in total. The molecule has 94 valence electrons. The van der Waals surface area contributed by atoms with Crippen LogP contribution in [0.25, 0.3) is 0 Å². The van der Waals surface area contributed by atoms with Crippen molar-refractivity contribution in [2.45, 2.75) is 56.7 Å². The summed E-state index contributed by atoms with van der Waals surface area (Å²) in [5, 5.41) is 8.20. The van der Waals surface area contributed by atoms with E-state index in [-0.39, 0.29) is 5.60 Å². The maximum Gasteiger partial charge on any atom is 0.201 e. The third-order valence-electron chi connectivity index (χ3n) is 3.71. The zero-order chi connectivity index (χ0) is 12.2. The van der Waals surface area contributed by atoms with Crippen LogP contribution in [-0.2, 0) is 9.53 Å². The number of hydrogen-bond donors (Lipinski definition) is 0. The topological polar surface area (TPSA) is 63.4 Å². The number of carbonyl (C=O) groups excluding carboxylic acids is 1. The summed E-state index contributed by atoms with van der Waals surface area (Å²) in [6.45, 7) is 2.83. The number of azo groups is 1. The Kier molecular flexibility index (Phi) is 3.66. The van der Waals surface area contributed by atoms with Crippen LogP contribution in [0.1, 0.15) is 45.4 Å². The zero-order valence-corrected chi connectivity index (χ0v) is 10.3. The molecule has 0 aromatic carbocycles. The van der Waals surface area contributed by atoms with Crippen molar-refractivity contribution in [3.8, 4) is 0 Å². The molecule has 2 heterocycles. The predicted octanol–water partition coefficient (Wildman–Crippen LogP) is 2.51. The predicted molar refractivity (Wildman–Crippen MR) is 64.2 cm³/mol. The monoisotopic (exact) mass is 237 g/mol. The molecule has 2 rings (SSSR count). The van der Waals surface area contributed by atoms with Gasteiger partial charge >= 0.3 is 0 Å². The maximum atomic E-state index is 10.4. The lowest BCUT2D eigenvalue weighted by Gasteiger charge is -2.43. The number of aliphatic imine (C=N–C) groups is 1. The summed E-state index contributed by atoms with van der Waals surface area (Å²) >= 11 is 0. The maximum absolute atomic E-state index is 10.4. The molecule has 0 radical (unpaired) electrons. The molecule has 0 N–H and O–H groups in total. The SMILES string of the molecule is CC1(C2(CCCC=O)N=CN=N2)CCCCO1. The van der Waals surface area contributed by atoms with Crippen LogP contribution in [0.5, 0.6) is 0 Å². The van der Waals surface area contributed by atoms with E-state index in [4.69, 9.17) is 4.74 Å². The number of ether oxygens (including phenoxy) is 1. The fourth-order valence-electron chi connectivity index (χ4n) is 2.57. The largest absolute Gasteiger partial charge is 0.371 e. The fourth-order valence-corrected chi connectivity index (χ4v) is 2.57. The third kappa shape index (κ3) is 2.29. The van der Waals surface area contributed by atoms with E-state index < -0.39 is 5.66 Å². The first kappa shape index (κ1) is 12.4. The van der Waals surface area contributed by atoms with Gasteiger partial charge in [-0.25, -0.2) is 4.99 Å². The minimum Gasteiger partial charge on any atom is -0.371 e. The van der Waals surface area contributed by atoms with E-state index >= 15 is 0 Å². The number of nitrogens with zero attached hydrogens (tertiary/aromatic N) is 3. The van der Waals surface area contributed by atoms with Crippen LogP contribution in [0.15, 0.2) is 15.2 Å². The van der Waals surface area contributed by atoms with Gasteiger partial charge in [0.2, 0.25) is 5.66 Å². The van der Waals surface area contributed by atoms with Crippen LogP contribution in [0.4, 0.5) is 0 Å². The summed E-state index contributed by atoms with van der Waals surface area (Å²) in [6, 6.07) is 0. The molecule has 2 atom stereocenters. The Morgan fingerprint density at radius 2 is 2.35 bits per heavy atom. The average molecular weight is 237 g/mol. The van der Waals surface area contributed by atoms with E-state index in [0.717, 1.165) is 45.0 Å². The van der Waals surface area contributed by atoms with Crippen LogP contribution in [-0.4, -0.2) is 30.5 Å². The quantitative estimate of drug-likeness (QED) is 0.544. The molecular weight excluding hydrogens is 218 g/mol. The summed E-state index contributed by atoms with van der Waals surface area (Å²) in [6.07, 6.45) is 7.67. The number of rotatable bonds is 5. The van der Waals surface area contributed by atoms with Gasteiger partial charge in [-0.15, -0.1) is 5.11 Å². The first-order chi connectivity index (χ1) is 8.22. The first-order valence-corrected chi connectivity index (χ1v) is 6.26. The summed E-state index contributed by atoms with van der Waals surface area (Å²) in [4.78, 5) is 14.9. The molecule has 1 saturated heterocycles. The highest BCUT2D eigenvalue weighted by molar-refractivity contribution is 5.57. The molecule has 0 bridgehead atoms. The van der Waals surface area contributed by atoms with Gasteiger partial charge in [0, 0.05) is 13.0 Å². The average Bonchev–Trinajstić information content (AvgIpc) is 2.81. The normalized spacial score (nSPS) is 36.3. The number of unbranched alkanes of at least 4 members (excludes halogenated alkanes) is 1. The van der Waals surface area contributed by atoms with Gasteiger partial charge in [0.1, 0.15) is 18.2 Å². The van der Waals surface area contributed by atoms with Gasteiger partial charge in [-0.05, 0) is 39.0 Å². The standard InChI is InChI=1S/C12H19N3O2/c1-11(6-3-5-9-17-11)12(7-2-4-8-16)13-10-14-15-12/h8,10H,2-7,9H2,1H3. The van der Waals surface area contributed by atoms with Crippen molar-refractivity contribution in [3.63, 3.8) is 0 Å². The Hall–Kier alpha value is -1.10. The molecule has 0 aromatic heterocycles. The molecule has 2 aliphatic rings. The Balaban J connectivity index is 2.12. The van der Waals surface area contributed by atoms with Crippen LogP contribution in [0.2, 0.25) is 0 Å². The minimum atomic E-state index is -0.601. The van der Waals surface area contributed by atoms with Gasteiger partial charge in [0.05, 0.1) is 0 Å². The molecule has 0 amide bonds. The molecule has 2 unspecified atom stereocenters. The van der Waals surface area contributed by atoms with Gasteiger partial charge in [0.15, 0.2) is 0 Å². The van der Waals surface area contributed by atoms with E-state index in [0.29, 0.717) is 6.42 Å². The van der Waals surface area contributed by atoms with E-state index in [9.17, 15) is 4.79 Å². The van der Waals surface area contributed by atoms with Crippen LogP contribution < -0.4 is 0 Å². The van der Waals surface area contributed by atoms with Gasteiger partial charge < -0.3 is 9.53 Å². The van der Waals surface area contributed by atoms with Crippen molar-refractivity contribution < 1.29 is 9.53 Å². The van der Waals surface area contributed by atoms with Gasteiger partial charge in [-0.3, -0.25) is 0 Å². The Morgan fingerprint density at radius 3 is 2.94 bits per heavy atom. The molecule has 2 aliphatic heterocycles. The van der Waals surface area contributed by atoms with E-state index in [2.05, 4.69) is 22.1 Å². The molecule has 0 aromatic rings. The minimum absolute atomic E-state index is 0.370. The molecule has 0 saturated carbocycles. The zero-order valence-electron chi connectivity index (χ0n) is 10.3. The first-order valence-electron chi connectivity index (χ1n) is 6.26. The van der Waals surface area contributed by atoms with Crippen molar-refractivity contribution in [1.82, 2.24) is 0 Å². The third-order valence-corrected chi connectivity index (χ3v) is 3.71. The fraction of sp³-hybridized carbons (Fsp3) is 0.833. The van der Waals surface area contributed by atoms with Gasteiger partial charge in [-0.1, -0.05) is 0 Å². The second-order valence-corrected chi connectivity index (χ2v) is 4.87. The van der Waals surface area contributed by atoms with Crippen LogP contribution in [0.3, 0.4) is 0 Å². The number of aldehydes is 1. The van der Waals surface area contributed by atoms with Crippen molar-refractivity contribution in [2.24, 2.45) is 15.2 Å². The highest BCUT2D eigenvalue weighted by atomic mass is 16.5. The second-order valence-electron chi connectivity index (χ2n) is 4.87. The van der Waals surface area contributed by atoms with E-state index in [1.807, 2.05) is 0 Å². The van der Waals surface area contributed by atoms with Crippen molar-refractivity contribution in [3.05, 3.63) is 0 Å². The summed E-state index contributed by atoms with van der Waals surface area (Å²) in [5.74, 6) is 0. The second kappa shape index (κ2) is 5.04. The van der Waals surface area contributed by atoms with E-state index in [1.54, 1.807) is 0 Å². The molecular formula is C12H19N3O2. The molecule has 1 fully saturated rings. The molecule has 0 aliphatic carbocycles. The number of carbonyl (C=O) groups is 1. The smallest absolute Gasteiger partial charge is 0.201 e. The highest BCUT2D eigenvalue weighted by Gasteiger charge is 2.51. The van der Waals surface area contributed by atoms with Crippen LogP contribution >= 0.6 is 0 Å². The van der Waals surface area contributed by atoms with Crippen molar-refractivity contribution >= 4 is 12.6 Å². The van der Waals surface area contributed by atoms with Gasteiger partial charge in [-0.2, -0.15) is 5.11 Å². The Morgan fingerprint density at radius 1 is 1.47 bits per heavy atom. The van der Waals surface area contributed by atoms with E-state index in [1.165, 1.54) is 6.34 Å². The molecule has 5 heteroatoms. The lowest BCUT2D eigenvalue weighted by Crippen LogP contribution is -2.52. The molecule has 17 heavy (non-hydrogen) atoms. The summed E-state index contributed by atoms with van der Waals surface area (Å²) in [5.41, 5.74) is -0.971. The van der Waals surface area contributed by atoms with Crippen LogP contribution in [0, 0.1) is 0 Å². The Labute approximate surface area is 101 Å². The Bertz CT molecular complexity index is 321. The van der Waals surface area contributed by atoms with Crippen molar-refractivity contribution in [1.29, 1.82) is 0 Å². The van der Waals surface area contributed by atoms with Crippen molar-refractivity contribution in [2.75, 3.05) is 6.61 Å². The summed E-state index contributed by atoms with van der Waals surface area (Å²) < 4.78 is 5.93. The lowest BCUT2D eigenvalue weighted by atomic mass is 9.80. The number of hydrogen-bond acceptors (Lipinski definition) is 5. The van der Waals surface area contributed by atoms with Gasteiger partial charge in [0.25, 0.3) is 0 Å².